The summed E-state index contributed by atoms with van der Waals surface area (Å²) in [5.41, 5.74) is 11.0. The molecule has 4 rings (SSSR count). The average Bonchev–Trinajstić information content (AvgIpc) is 2.78. The van der Waals surface area contributed by atoms with Crippen LogP contribution in [0.15, 0.2) is 66.7 Å². The Kier molecular flexibility index (Phi) is 5.95. The van der Waals surface area contributed by atoms with Gasteiger partial charge in [-0.3, -0.25) is 19.8 Å². The van der Waals surface area contributed by atoms with E-state index in [4.69, 9.17) is 5.73 Å². The maximum absolute atomic E-state index is 12.4. The van der Waals surface area contributed by atoms with Gasteiger partial charge in [-0.25, -0.2) is 0 Å². The fraction of sp³-hybridized carbons (Fsp3) is 0.208. The van der Waals surface area contributed by atoms with E-state index in [1.54, 1.807) is 36.4 Å². The molecule has 3 aromatic carbocycles. The predicted molar refractivity (Wildman–Crippen MR) is 121 cm³/mol. The van der Waals surface area contributed by atoms with Crippen molar-refractivity contribution in [1.29, 1.82) is 0 Å². The summed E-state index contributed by atoms with van der Waals surface area (Å²) in [6.45, 7) is 2.54. The first-order valence-electron chi connectivity index (χ1n) is 10.2. The van der Waals surface area contributed by atoms with Crippen molar-refractivity contribution in [2.75, 3.05) is 24.1 Å². The van der Waals surface area contributed by atoms with Gasteiger partial charge >= 0.3 is 0 Å². The van der Waals surface area contributed by atoms with Crippen LogP contribution in [0.2, 0.25) is 0 Å². The van der Waals surface area contributed by atoms with Crippen LogP contribution < -0.4 is 11.1 Å². The molecule has 7 nitrogen and oxygen atoms in total. The highest BCUT2D eigenvalue weighted by Crippen LogP contribution is 2.24. The fourth-order valence-electron chi connectivity index (χ4n) is 3.85. The highest BCUT2D eigenvalue weighted by molar-refractivity contribution is 6.07. The Labute approximate surface area is 180 Å². The average molecular weight is 416 g/mol. The quantitative estimate of drug-likeness (QED) is 0.359. The predicted octanol–water partition coefficient (Wildman–Crippen LogP) is 4.03. The number of rotatable bonds is 6. The van der Waals surface area contributed by atoms with Gasteiger partial charge in [0.1, 0.15) is 0 Å². The topological polar surface area (TPSA) is 102 Å². The van der Waals surface area contributed by atoms with Crippen molar-refractivity contribution >= 4 is 23.0 Å². The van der Waals surface area contributed by atoms with Gasteiger partial charge in [-0.1, -0.05) is 30.3 Å². The lowest BCUT2D eigenvalue weighted by Crippen LogP contribution is -2.32. The molecule has 1 heterocycles. The summed E-state index contributed by atoms with van der Waals surface area (Å²) in [6.07, 6.45) is 1.77. The zero-order valence-corrected chi connectivity index (χ0v) is 17.1. The number of amides is 1. The summed E-state index contributed by atoms with van der Waals surface area (Å²) in [4.78, 5) is 25.4. The van der Waals surface area contributed by atoms with E-state index in [9.17, 15) is 14.9 Å². The van der Waals surface area contributed by atoms with Gasteiger partial charge in [-0.05, 0) is 53.8 Å². The second kappa shape index (κ2) is 8.97. The van der Waals surface area contributed by atoms with Crippen molar-refractivity contribution in [3.8, 4) is 0 Å². The lowest BCUT2D eigenvalue weighted by molar-refractivity contribution is -0.385. The number of hydrogen-bond acceptors (Lipinski definition) is 5. The summed E-state index contributed by atoms with van der Waals surface area (Å²) in [5, 5.41) is 13.9. The molecular weight excluding hydrogens is 392 g/mol. The van der Waals surface area contributed by atoms with Crippen molar-refractivity contribution in [1.82, 2.24) is 4.90 Å². The second-order valence-electron chi connectivity index (χ2n) is 7.72. The number of carbonyl (C=O) groups excluding carboxylic acids is 1. The minimum Gasteiger partial charge on any atom is -0.398 e. The van der Waals surface area contributed by atoms with E-state index in [1.807, 2.05) is 30.3 Å². The van der Waals surface area contributed by atoms with E-state index in [0.29, 0.717) is 11.3 Å². The van der Waals surface area contributed by atoms with E-state index in [1.165, 1.54) is 11.1 Å². The Bertz CT molecular complexity index is 1110. The molecular formula is C24H24N4O3. The van der Waals surface area contributed by atoms with Crippen molar-refractivity contribution in [3.05, 3.63) is 99.1 Å². The molecule has 3 N–H and O–H groups in total. The molecule has 0 aliphatic carbocycles. The number of hydrogen-bond donors (Lipinski definition) is 2. The number of nitrogens with two attached hydrogens (primary N) is 1. The van der Waals surface area contributed by atoms with E-state index < -0.39 is 0 Å². The smallest absolute Gasteiger partial charge is 0.269 e. The third-order valence-electron chi connectivity index (χ3n) is 5.63. The van der Waals surface area contributed by atoms with Gasteiger partial charge < -0.3 is 11.1 Å². The summed E-state index contributed by atoms with van der Waals surface area (Å²) >= 11 is 0. The molecule has 0 radical (unpaired) electrons. The monoisotopic (exact) mass is 416 g/mol. The van der Waals surface area contributed by atoms with Gasteiger partial charge in [0.05, 0.1) is 10.5 Å². The van der Waals surface area contributed by atoms with Gasteiger partial charge in [0.25, 0.3) is 11.6 Å². The van der Waals surface area contributed by atoms with Crippen LogP contribution in [0.4, 0.5) is 17.1 Å². The fourth-order valence-corrected chi connectivity index (χ4v) is 3.85. The number of anilines is 2. The van der Waals surface area contributed by atoms with E-state index in [0.717, 1.165) is 43.7 Å². The second-order valence-corrected chi connectivity index (χ2v) is 7.72. The van der Waals surface area contributed by atoms with Gasteiger partial charge in [-0.2, -0.15) is 0 Å². The Balaban J connectivity index is 1.33. The number of nitro benzene ring substituents is 1. The number of nitrogens with one attached hydrogen (secondary N) is 1. The van der Waals surface area contributed by atoms with Crippen LogP contribution in [0.5, 0.6) is 0 Å². The molecule has 0 spiro atoms. The first-order chi connectivity index (χ1) is 15.0. The largest absolute Gasteiger partial charge is 0.398 e. The Morgan fingerprint density at radius 3 is 2.58 bits per heavy atom. The molecule has 3 aromatic rings. The lowest BCUT2D eigenvalue weighted by atomic mass is 9.98. The van der Waals surface area contributed by atoms with Crippen LogP contribution in [-0.4, -0.2) is 28.8 Å². The van der Waals surface area contributed by atoms with E-state index >= 15 is 0 Å². The van der Waals surface area contributed by atoms with Crippen LogP contribution in [0, 0.1) is 10.1 Å². The van der Waals surface area contributed by atoms with Crippen LogP contribution in [0.25, 0.3) is 0 Å². The number of nitrogen functional groups attached to an aromatic ring is 1. The summed E-state index contributed by atoms with van der Waals surface area (Å²) in [5.74, 6) is -0.230. The van der Waals surface area contributed by atoms with Gasteiger partial charge in [-0.15, -0.1) is 0 Å². The molecule has 0 saturated carbocycles. The number of para-hydroxylation sites is 1. The maximum Gasteiger partial charge on any atom is 0.269 e. The Hall–Kier alpha value is -3.71. The van der Waals surface area contributed by atoms with Gasteiger partial charge in [0.2, 0.25) is 0 Å². The first-order valence-corrected chi connectivity index (χ1v) is 10.2. The van der Waals surface area contributed by atoms with Crippen LogP contribution in [0.1, 0.15) is 27.0 Å². The Morgan fingerprint density at radius 1 is 1.06 bits per heavy atom. The van der Waals surface area contributed by atoms with Crippen LogP contribution in [0.3, 0.4) is 0 Å². The zero-order valence-electron chi connectivity index (χ0n) is 17.1. The molecule has 0 unspecified atom stereocenters. The van der Waals surface area contributed by atoms with Crippen LogP contribution >= 0.6 is 0 Å². The molecule has 158 valence electrons. The van der Waals surface area contributed by atoms with E-state index in [-0.39, 0.29) is 16.5 Å². The summed E-state index contributed by atoms with van der Waals surface area (Å²) in [7, 11) is 0. The van der Waals surface area contributed by atoms with Crippen LogP contribution in [-0.2, 0) is 19.4 Å². The number of non-ortho nitro benzene ring substituents is 1. The molecule has 31 heavy (non-hydrogen) atoms. The van der Waals surface area contributed by atoms with Crippen molar-refractivity contribution < 1.29 is 9.72 Å². The molecule has 0 atom stereocenters. The number of nitrogens with zero attached hydrogens (tertiary/aromatic N) is 2. The third-order valence-corrected chi connectivity index (χ3v) is 5.63. The Morgan fingerprint density at radius 2 is 1.84 bits per heavy atom. The zero-order chi connectivity index (χ0) is 21.8. The third kappa shape index (κ3) is 4.90. The highest BCUT2D eigenvalue weighted by Gasteiger charge is 2.19. The molecule has 1 aliphatic heterocycles. The number of nitro groups is 1. The molecule has 0 saturated heterocycles. The van der Waals surface area contributed by atoms with Gasteiger partial charge in [0, 0.05) is 43.1 Å². The first kappa shape index (κ1) is 20.6. The highest BCUT2D eigenvalue weighted by atomic mass is 16.6. The number of benzene rings is 3. The van der Waals surface area contributed by atoms with E-state index in [2.05, 4.69) is 10.2 Å². The number of carbonyl (C=O) groups is 1. The molecule has 0 aromatic heterocycles. The SMILES string of the molecule is Nc1ccccc1C(=O)Nc1ccc(CCN2CCc3ccc([N+](=O)[O-])cc3C2)cc1. The molecule has 1 aliphatic rings. The summed E-state index contributed by atoms with van der Waals surface area (Å²) in [6, 6.07) is 19.9. The van der Waals surface area contributed by atoms with Crippen molar-refractivity contribution in [2.24, 2.45) is 0 Å². The maximum atomic E-state index is 12.4. The van der Waals surface area contributed by atoms with Gasteiger partial charge in [0.15, 0.2) is 0 Å². The van der Waals surface area contributed by atoms with Crippen molar-refractivity contribution in [3.63, 3.8) is 0 Å². The standard InChI is InChI=1S/C24H24N4O3/c25-23-4-2-1-3-22(23)24(29)26-20-8-5-17(6-9-20)11-13-27-14-12-18-7-10-21(28(30)31)15-19(18)16-27/h1-10,15H,11-14,16,25H2,(H,26,29). The molecule has 7 heteroatoms. The lowest BCUT2D eigenvalue weighted by Gasteiger charge is -2.28. The molecule has 1 amide bonds. The molecule has 0 bridgehead atoms. The minimum absolute atomic E-state index is 0.149. The summed E-state index contributed by atoms with van der Waals surface area (Å²) < 4.78 is 0. The normalized spacial score (nSPS) is 13.4. The molecule has 0 fully saturated rings. The number of fused-ring (bicyclic) bond motifs is 1. The van der Waals surface area contributed by atoms with Crippen molar-refractivity contribution in [2.45, 2.75) is 19.4 Å². The minimum atomic E-state index is -0.342.